The number of aryl methyl sites for hydroxylation is 2. The van der Waals surface area contributed by atoms with E-state index in [2.05, 4.69) is 47.1 Å². The number of halogens is 1. The average Bonchev–Trinajstić information content (AvgIpc) is 2.88. The summed E-state index contributed by atoms with van der Waals surface area (Å²) < 4.78 is 2.73. The molecule has 0 unspecified atom stereocenters. The Balaban J connectivity index is 1.91. The minimum atomic E-state index is -0.142. The Morgan fingerprint density at radius 2 is 1.63 bits per heavy atom. The molecule has 0 radical (unpaired) electrons. The van der Waals surface area contributed by atoms with Crippen LogP contribution in [0.25, 0.3) is 11.1 Å². The van der Waals surface area contributed by atoms with Crippen molar-refractivity contribution in [1.29, 1.82) is 0 Å². The van der Waals surface area contributed by atoms with Crippen molar-refractivity contribution < 1.29 is 4.79 Å². The third-order valence-corrected chi connectivity index (χ3v) is 5.13. The topological polar surface area (TPSA) is 46.9 Å². The van der Waals surface area contributed by atoms with E-state index in [1.54, 1.807) is 4.68 Å². The zero-order valence-corrected chi connectivity index (χ0v) is 17.9. The van der Waals surface area contributed by atoms with E-state index in [0.717, 1.165) is 21.3 Å². The van der Waals surface area contributed by atoms with Gasteiger partial charge in [-0.1, -0.05) is 61.0 Å². The summed E-state index contributed by atoms with van der Waals surface area (Å²) in [5.41, 5.74) is 4.71. The van der Waals surface area contributed by atoms with Crippen LogP contribution in [0.1, 0.15) is 42.4 Å². The molecule has 4 nitrogen and oxygen atoms in total. The van der Waals surface area contributed by atoms with Crippen LogP contribution in [0.4, 0.5) is 5.82 Å². The second-order valence-corrected chi connectivity index (χ2v) is 8.64. The van der Waals surface area contributed by atoms with Crippen LogP contribution >= 0.6 is 15.9 Å². The van der Waals surface area contributed by atoms with Crippen LogP contribution in [-0.4, -0.2) is 15.7 Å². The van der Waals surface area contributed by atoms with E-state index < -0.39 is 0 Å². The first kappa shape index (κ1) is 19.4. The van der Waals surface area contributed by atoms with E-state index in [9.17, 15) is 4.79 Å². The fourth-order valence-electron chi connectivity index (χ4n) is 3.07. The second-order valence-electron chi connectivity index (χ2n) is 7.72. The minimum Gasteiger partial charge on any atom is -0.306 e. The molecule has 0 aliphatic rings. The van der Waals surface area contributed by atoms with E-state index in [1.807, 2.05) is 62.5 Å². The van der Waals surface area contributed by atoms with Crippen LogP contribution in [0.15, 0.2) is 53.0 Å². The van der Waals surface area contributed by atoms with Gasteiger partial charge in [0.15, 0.2) is 0 Å². The highest BCUT2D eigenvalue weighted by molar-refractivity contribution is 9.10. The second kappa shape index (κ2) is 7.31. The maximum absolute atomic E-state index is 12.8. The van der Waals surface area contributed by atoms with E-state index in [-0.39, 0.29) is 11.3 Å². The summed E-state index contributed by atoms with van der Waals surface area (Å²) in [6.07, 6.45) is 0. The van der Waals surface area contributed by atoms with Crippen molar-refractivity contribution in [3.8, 4) is 11.1 Å². The molecule has 27 heavy (non-hydrogen) atoms. The maximum Gasteiger partial charge on any atom is 0.256 e. The largest absolute Gasteiger partial charge is 0.306 e. The van der Waals surface area contributed by atoms with Crippen molar-refractivity contribution in [3.63, 3.8) is 0 Å². The summed E-state index contributed by atoms with van der Waals surface area (Å²) in [6.45, 7) is 8.42. The molecule has 2 aromatic carbocycles. The monoisotopic (exact) mass is 425 g/mol. The predicted octanol–water partition coefficient (Wildman–Crippen LogP) is 5.71. The molecule has 3 aromatic rings. The number of nitrogens with zero attached hydrogens (tertiary/aromatic N) is 2. The van der Waals surface area contributed by atoms with Crippen molar-refractivity contribution in [2.45, 2.75) is 33.1 Å². The van der Waals surface area contributed by atoms with Gasteiger partial charge in [0.1, 0.15) is 5.82 Å². The van der Waals surface area contributed by atoms with Gasteiger partial charge in [-0.2, -0.15) is 5.10 Å². The van der Waals surface area contributed by atoms with Gasteiger partial charge >= 0.3 is 0 Å². The molecule has 0 aliphatic carbocycles. The van der Waals surface area contributed by atoms with E-state index >= 15 is 0 Å². The van der Waals surface area contributed by atoms with Crippen molar-refractivity contribution >= 4 is 27.7 Å². The average molecular weight is 426 g/mol. The van der Waals surface area contributed by atoms with Gasteiger partial charge in [0.05, 0.1) is 5.69 Å². The SMILES string of the molecule is Cc1nn(C)c(NC(=O)c2ccc(C(C)(C)C)cc2)c1-c1ccc(Br)cc1. The van der Waals surface area contributed by atoms with E-state index in [0.29, 0.717) is 11.4 Å². The number of carbonyl (C=O) groups excluding carboxylic acids is 1. The summed E-state index contributed by atoms with van der Waals surface area (Å²) in [7, 11) is 1.84. The number of carbonyl (C=O) groups is 1. The fourth-order valence-corrected chi connectivity index (χ4v) is 3.33. The molecule has 0 saturated heterocycles. The lowest BCUT2D eigenvalue weighted by molar-refractivity contribution is 0.102. The van der Waals surface area contributed by atoms with Crippen molar-refractivity contribution in [2.24, 2.45) is 7.05 Å². The molecule has 0 spiro atoms. The van der Waals surface area contributed by atoms with Gasteiger partial charge in [-0.05, 0) is 47.7 Å². The molecular formula is C22H24BrN3O. The summed E-state index contributed by atoms with van der Waals surface area (Å²) in [5.74, 6) is 0.552. The first-order chi connectivity index (χ1) is 12.7. The van der Waals surface area contributed by atoms with Crippen LogP contribution in [0, 0.1) is 6.92 Å². The molecule has 0 aliphatic heterocycles. The van der Waals surface area contributed by atoms with Crippen LogP contribution in [-0.2, 0) is 12.5 Å². The van der Waals surface area contributed by atoms with E-state index in [1.165, 1.54) is 5.56 Å². The molecule has 0 atom stereocenters. The van der Waals surface area contributed by atoms with Crippen LogP contribution in [0.2, 0.25) is 0 Å². The Hall–Kier alpha value is -2.40. The molecule has 3 rings (SSSR count). The van der Waals surface area contributed by atoms with Gasteiger partial charge < -0.3 is 5.32 Å². The van der Waals surface area contributed by atoms with Gasteiger partial charge in [-0.15, -0.1) is 0 Å². The lowest BCUT2D eigenvalue weighted by Crippen LogP contribution is -2.16. The first-order valence-corrected chi connectivity index (χ1v) is 9.67. The first-order valence-electron chi connectivity index (χ1n) is 8.88. The molecular weight excluding hydrogens is 402 g/mol. The Morgan fingerprint density at radius 3 is 2.19 bits per heavy atom. The maximum atomic E-state index is 12.8. The molecule has 1 aromatic heterocycles. The number of amides is 1. The number of hydrogen-bond donors (Lipinski definition) is 1. The third-order valence-electron chi connectivity index (χ3n) is 4.60. The van der Waals surface area contributed by atoms with Crippen molar-refractivity contribution in [3.05, 3.63) is 69.8 Å². The number of rotatable bonds is 3. The van der Waals surface area contributed by atoms with Gasteiger partial charge in [-0.25, -0.2) is 0 Å². The highest BCUT2D eigenvalue weighted by atomic mass is 79.9. The standard InChI is InChI=1S/C22H24BrN3O/c1-14-19(15-8-12-18(23)13-9-15)20(26(5)25-14)24-21(27)16-6-10-17(11-7-16)22(2,3)4/h6-13H,1-5H3,(H,24,27). The molecule has 5 heteroatoms. The fraction of sp³-hybridized carbons (Fsp3) is 0.273. The highest BCUT2D eigenvalue weighted by Crippen LogP contribution is 2.32. The Kier molecular flexibility index (Phi) is 5.24. The summed E-state index contributed by atoms with van der Waals surface area (Å²) in [5, 5.41) is 7.53. The van der Waals surface area contributed by atoms with Gasteiger partial charge in [0, 0.05) is 22.6 Å². The van der Waals surface area contributed by atoms with Crippen molar-refractivity contribution in [2.75, 3.05) is 5.32 Å². The lowest BCUT2D eigenvalue weighted by atomic mass is 9.87. The number of hydrogen-bond acceptors (Lipinski definition) is 2. The molecule has 0 saturated carbocycles. The summed E-state index contributed by atoms with van der Waals surface area (Å²) in [6, 6.07) is 15.8. The zero-order valence-electron chi connectivity index (χ0n) is 16.3. The molecule has 0 bridgehead atoms. The minimum absolute atomic E-state index is 0.0584. The van der Waals surface area contributed by atoms with Gasteiger partial charge in [0.25, 0.3) is 5.91 Å². The molecule has 1 amide bonds. The zero-order chi connectivity index (χ0) is 19.8. The smallest absolute Gasteiger partial charge is 0.256 e. The molecule has 1 N–H and O–H groups in total. The number of benzene rings is 2. The van der Waals surface area contributed by atoms with E-state index in [4.69, 9.17) is 0 Å². The van der Waals surface area contributed by atoms with Gasteiger partial charge in [0.2, 0.25) is 0 Å². The molecule has 1 heterocycles. The molecule has 0 fully saturated rings. The predicted molar refractivity (Wildman–Crippen MR) is 114 cm³/mol. The Bertz CT molecular complexity index is 965. The lowest BCUT2D eigenvalue weighted by Gasteiger charge is -2.19. The van der Waals surface area contributed by atoms with Crippen LogP contribution in [0.3, 0.4) is 0 Å². The number of anilines is 1. The number of nitrogens with one attached hydrogen (secondary N) is 1. The van der Waals surface area contributed by atoms with Crippen LogP contribution < -0.4 is 5.32 Å². The normalized spacial score (nSPS) is 11.5. The third kappa shape index (κ3) is 4.14. The van der Waals surface area contributed by atoms with Gasteiger partial charge in [-0.3, -0.25) is 9.48 Å². The summed E-state index contributed by atoms with van der Waals surface area (Å²) in [4.78, 5) is 12.8. The molecule has 140 valence electrons. The quantitative estimate of drug-likeness (QED) is 0.583. The Morgan fingerprint density at radius 1 is 1.04 bits per heavy atom. The van der Waals surface area contributed by atoms with Crippen LogP contribution in [0.5, 0.6) is 0 Å². The number of aromatic nitrogens is 2. The highest BCUT2D eigenvalue weighted by Gasteiger charge is 2.19. The Labute approximate surface area is 168 Å². The van der Waals surface area contributed by atoms with Crippen molar-refractivity contribution in [1.82, 2.24) is 9.78 Å². The summed E-state index contributed by atoms with van der Waals surface area (Å²) >= 11 is 3.46.